The van der Waals surface area contributed by atoms with Crippen LogP contribution in [0, 0.1) is 13.8 Å². The van der Waals surface area contributed by atoms with Crippen molar-refractivity contribution >= 4 is 23.2 Å². The molecule has 2 aromatic rings. The summed E-state index contributed by atoms with van der Waals surface area (Å²) in [5.74, 6) is -0.409. The minimum Gasteiger partial charge on any atom is -0.370 e. The molecule has 1 atom stereocenters. The molecule has 2 rings (SSSR count). The van der Waals surface area contributed by atoms with Crippen molar-refractivity contribution in [2.45, 2.75) is 19.9 Å². The van der Waals surface area contributed by atoms with Crippen molar-refractivity contribution in [2.75, 3.05) is 5.32 Å². The van der Waals surface area contributed by atoms with Crippen LogP contribution in [0.1, 0.15) is 22.7 Å². The zero-order valence-corrected chi connectivity index (χ0v) is 12.2. The average Bonchev–Trinajstić information content (AvgIpc) is 2.41. The first-order valence-corrected chi connectivity index (χ1v) is 6.74. The Morgan fingerprint density at radius 3 is 2.40 bits per heavy atom. The zero-order valence-electron chi connectivity index (χ0n) is 11.5. The number of benzene rings is 2. The number of carbonyl (C=O) groups is 1. The highest BCUT2D eigenvalue weighted by Gasteiger charge is 2.20. The Hall–Kier alpha value is -2.00. The molecule has 0 aromatic heterocycles. The van der Waals surface area contributed by atoms with E-state index in [1.54, 1.807) is 12.1 Å². The van der Waals surface area contributed by atoms with Gasteiger partial charge in [-0.1, -0.05) is 29.8 Å². The number of nitrogens with two attached hydrogens (primary N) is 1. The lowest BCUT2D eigenvalue weighted by Gasteiger charge is -2.20. The van der Waals surface area contributed by atoms with Crippen LogP contribution in [0.5, 0.6) is 0 Å². The normalized spacial score (nSPS) is 11.9. The standard InChI is InChI=1S/C16H17ClN2O/c1-10-4-3-5-14(11(10)2)15(16(18)20)19-13-8-6-12(17)7-9-13/h3-9,15,19H,1-2H3,(H2,18,20). The molecule has 0 fully saturated rings. The maximum Gasteiger partial charge on any atom is 0.244 e. The van der Waals surface area contributed by atoms with Crippen molar-refractivity contribution in [3.63, 3.8) is 0 Å². The summed E-state index contributed by atoms with van der Waals surface area (Å²) in [5.41, 5.74) is 9.44. The Balaban J connectivity index is 2.34. The molecule has 3 nitrogen and oxygen atoms in total. The number of halogens is 1. The third kappa shape index (κ3) is 3.11. The van der Waals surface area contributed by atoms with Gasteiger partial charge < -0.3 is 11.1 Å². The number of hydrogen-bond acceptors (Lipinski definition) is 2. The van der Waals surface area contributed by atoms with E-state index in [2.05, 4.69) is 5.32 Å². The summed E-state index contributed by atoms with van der Waals surface area (Å²) in [6.45, 7) is 4.00. The topological polar surface area (TPSA) is 55.1 Å². The maximum atomic E-state index is 11.8. The summed E-state index contributed by atoms with van der Waals surface area (Å²) in [7, 11) is 0. The number of amides is 1. The fourth-order valence-corrected chi connectivity index (χ4v) is 2.23. The molecule has 1 unspecified atom stereocenters. The predicted octanol–water partition coefficient (Wildman–Crippen LogP) is 3.60. The van der Waals surface area contributed by atoms with Gasteiger partial charge in [0.2, 0.25) is 5.91 Å². The van der Waals surface area contributed by atoms with Gasteiger partial charge in [-0.15, -0.1) is 0 Å². The summed E-state index contributed by atoms with van der Waals surface area (Å²) < 4.78 is 0. The van der Waals surface area contributed by atoms with Crippen LogP contribution in [0.2, 0.25) is 5.02 Å². The molecule has 0 aliphatic carbocycles. The second-order valence-corrected chi connectivity index (χ2v) is 5.21. The maximum absolute atomic E-state index is 11.8. The van der Waals surface area contributed by atoms with Crippen LogP contribution in [-0.4, -0.2) is 5.91 Å². The van der Waals surface area contributed by atoms with E-state index in [1.807, 2.05) is 44.2 Å². The molecule has 4 heteroatoms. The van der Waals surface area contributed by atoms with E-state index in [0.717, 1.165) is 22.4 Å². The molecule has 0 saturated carbocycles. The molecular formula is C16H17ClN2O. The Kier molecular flexibility index (Phi) is 4.30. The molecule has 1 amide bonds. The molecule has 0 spiro atoms. The molecule has 104 valence electrons. The SMILES string of the molecule is Cc1cccc(C(Nc2ccc(Cl)cc2)C(N)=O)c1C. The van der Waals surface area contributed by atoms with E-state index in [9.17, 15) is 4.79 Å². The van der Waals surface area contributed by atoms with Crippen LogP contribution in [0.3, 0.4) is 0 Å². The van der Waals surface area contributed by atoms with E-state index in [-0.39, 0.29) is 0 Å². The molecule has 20 heavy (non-hydrogen) atoms. The highest BCUT2D eigenvalue weighted by Crippen LogP contribution is 2.25. The molecular weight excluding hydrogens is 272 g/mol. The number of nitrogens with one attached hydrogen (secondary N) is 1. The third-order valence-electron chi connectivity index (χ3n) is 3.40. The number of anilines is 1. The van der Waals surface area contributed by atoms with Crippen LogP contribution < -0.4 is 11.1 Å². The molecule has 0 heterocycles. The largest absolute Gasteiger partial charge is 0.370 e. The van der Waals surface area contributed by atoms with Gasteiger partial charge in [-0.3, -0.25) is 4.79 Å². The van der Waals surface area contributed by atoms with E-state index < -0.39 is 11.9 Å². The molecule has 0 aliphatic rings. The van der Waals surface area contributed by atoms with E-state index in [4.69, 9.17) is 17.3 Å². The Morgan fingerprint density at radius 2 is 1.80 bits per heavy atom. The lowest BCUT2D eigenvalue weighted by molar-refractivity contribution is -0.118. The van der Waals surface area contributed by atoms with Gasteiger partial charge in [-0.2, -0.15) is 0 Å². The van der Waals surface area contributed by atoms with Crippen molar-refractivity contribution < 1.29 is 4.79 Å². The van der Waals surface area contributed by atoms with Crippen LogP contribution in [0.15, 0.2) is 42.5 Å². The van der Waals surface area contributed by atoms with Gasteiger partial charge in [0.1, 0.15) is 6.04 Å². The van der Waals surface area contributed by atoms with Crippen LogP contribution in [0.4, 0.5) is 5.69 Å². The average molecular weight is 289 g/mol. The summed E-state index contributed by atoms with van der Waals surface area (Å²) in [4.78, 5) is 11.8. The second kappa shape index (κ2) is 5.97. The first kappa shape index (κ1) is 14.4. The van der Waals surface area contributed by atoms with Crippen molar-refractivity contribution in [2.24, 2.45) is 5.73 Å². The van der Waals surface area contributed by atoms with Crippen molar-refractivity contribution in [1.29, 1.82) is 0 Å². The van der Waals surface area contributed by atoms with Crippen molar-refractivity contribution in [3.8, 4) is 0 Å². The number of carbonyl (C=O) groups excluding carboxylic acids is 1. The third-order valence-corrected chi connectivity index (χ3v) is 3.65. The predicted molar refractivity (Wildman–Crippen MR) is 82.9 cm³/mol. The van der Waals surface area contributed by atoms with Gasteiger partial charge in [0.05, 0.1) is 0 Å². The van der Waals surface area contributed by atoms with Crippen LogP contribution in [-0.2, 0) is 4.79 Å². The fourth-order valence-electron chi connectivity index (χ4n) is 2.10. The van der Waals surface area contributed by atoms with Gasteiger partial charge >= 0.3 is 0 Å². The minimum absolute atomic E-state index is 0.409. The Bertz CT molecular complexity index is 623. The quantitative estimate of drug-likeness (QED) is 0.903. The molecule has 0 bridgehead atoms. The first-order valence-electron chi connectivity index (χ1n) is 6.36. The minimum atomic E-state index is -0.559. The monoisotopic (exact) mass is 288 g/mol. The number of hydrogen-bond donors (Lipinski definition) is 2. The Labute approximate surface area is 123 Å². The lowest BCUT2D eigenvalue weighted by Crippen LogP contribution is -2.28. The van der Waals surface area contributed by atoms with E-state index in [0.29, 0.717) is 5.02 Å². The van der Waals surface area contributed by atoms with Gasteiger partial charge in [0.25, 0.3) is 0 Å². The van der Waals surface area contributed by atoms with Gasteiger partial charge in [0.15, 0.2) is 0 Å². The smallest absolute Gasteiger partial charge is 0.244 e. The van der Waals surface area contributed by atoms with E-state index in [1.165, 1.54) is 0 Å². The van der Waals surface area contributed by atoms with Crippen LogP contribution in [0.25, 0.3) is 0 Å². The summed E-state index contributed by atoms with van der Waals surface area (Å²) in [6.07, 6.45) is 0. The lowest BCUT2D eigenvalue weighted by atomic mass is 9.97. The number of primary amides is 1. The Morgan fingerprint density at radius 1 is 1.15 bits per heavy atom. The second-order valence-electron chi connectivity index (χ2n) is 4.78. The van der Waals surface area contributed by atoms with Crippen molar-refractivity contribution in [3.05, 3.63) is 64.2 Å². The first-order chi connectivity index (χ1) is 9.49. The molecule has 2 aromatic carbocycles. The highest BCUT2D eigenvalue weighted by atomic mass is 35.5. The molecule has 3 N–H and O–H groups in total. The van der Waals surface area contributed by atoms with E-state index >= 15 is 0 Å². The molecule has 0 radical (unpaired) electrons. The highest BCUT2D eigenvalue weighted by molar-refractivity contribution is 6.30. The summed E-state index contributed by atoms with van der Waals surface area (Å²) >= 11 is 5.85. The van der Waals surface area contributed by atoms with Gasteiger partial charge in [-0.25, -0.2) is 0 Å². The number of rotatable bonds is 4. The molecule has 0 aliphatic heterocycles. The summed E-state index contributed by atoms with van der Waals surface area (Å²) in [5, 5.41) is 3.81. The van der Waals surface area contributed by atoms with Gasteiger partial charge in [-0.05, 0) is 54.8 Å². The molecule has 0 saturated heterocycles. The zero-order chi connectivity index (χ0) is 14.7. The number of aryl methyl sites for hydroxylation is 1. The fraction of sp³-hybridized carbons (Fsp3) is 0.188. The van der Waals surface area contributed by atoms with Crippen LogP contribution >= 0.6 is 11.6 Å². The van der Waals surface area contributed by atoms with Gasteiger partial charge in [0, 0.05) is 10.7 Å². The summed E-state index contributed by atoms with van der Waals surface area (Å²) in [6, 6.07) is 12.5. The van der Waals surface area contributed by atoms with Crippen molar-refractivity contribution in [1.82, 2.24) is 0 Å².